The van der Waals surface area contributed by atoms with E-state index in [1.807, 2.05) is 97.1 Å². The first kappa shape index (κ1) is 91.1. The zero-order chi connectivity index (χ0) is 84.0. The van der Waals surface area contributed by atoms with Crippen LogP contribution in [0.1, 0.15) is 222 Å². The van der Waals surface area contributed by atoms with Crippen molar-refractivity contribution in [2.75, 3.05) is 6.61 Å². The molecule has 6 atom stereocenters. The Kier molecular flexibility index (Phi) is 37.6. The zero-order valence-electron chi connectivity index (χ0n) is 70.3. The summed E-state index contributed by atoms with van der Waals surface area (Å²) in [6, 6.07) is 57.6. The van der Waals surface area contributed by atoms with Gasteiger partial charge in [0.25, 0.3) is 0 Å². The van der Waals surface area contributed by atoms with Crippen molar-refractivity contribution in [3.8, 4) is 34.5 Å². The van der Waals surface area contributed by atoms with Gasteiger partial charge in [-0.1, -0.05) is 164 Å². The van der Waals surface area contributed by atoms with Gasteiger partial charge in [-0.25, -0.2) is 0 Å². The molecule has 0 amide bonds. The van der Waals surface area contributed by atoms with Crippen LogP contribution < -0.4 is 28.4 Å². The van der Waals surface area contributed by atoms with Crippen LogP contribution in [-0.2, 0) is 111 Å². The minimum absolute atomic E-state index is 0.0594. The van der Waals surface area contributed by atoms with E-state index < -0.39 is 0 Å². The Morgan fingerprint density at radius 2 is 0.686 bits per heavy atom. The molecule has 8 aromatic carbocycles. The molecule has 0 unspecified atom stereocenters. The first-order valence-corrected chi connectivity index (χ1v) is 42.6. The number of Topliss-reactive ketones (excluding diaryl/α,β-unsaturated/α-hetero) is 5. The van der Waals surface area contributed by atoms with Crippen molar-refractivity contribution >= 4 is 53.1 Å². The molecule has 14 nitrogen and oxygen atoms in total. The van der Waals surface area contributed by atoms with Gasteiger partial charge in [0, 0.05) is 130 Å². The fraction of sp³-hybridized carbons (Fsp3) is 0.394. The van der Waals surface area contributed by atoms with Gasteiger partial charge in [-0.15, -0.1) is 13.2 Å². The summed E-state index contributed by atoms with van der Waals surface area (Å²) in [5.41, 5.74) is 17.5. The van der Waals surface area contributed by atoms with Crippen molar-refractivity contribution in [3.63, 3.8) is 0 Å². The van der Waals surface area contributed by atoms with E-state index in [1.54, 1.807) is 47.6 Å². The number of aliphatic hydroxyl groups is 1. The van der Waals surface area contributed by atoms with Gasteiger partial charge in [-0.3, -0.25) is 4.79 Å². The molecule has 1 N–H and O–H groups in total. The Morgan fingerprint density at radius 1 is 0.356 bits per heavy atom. The predicted molar refractivity (Wildman–Crippen MR) is 472 cm³/mol. The Bertz CT molecular complexity index is 4680. The van der Waals surface area contributed by atoms with Crippen LogP contribution in [0.2, 0.25) is 0 Å². The third kappa shape index (κ3) is 30.0. The fourth-order valence-corrected chi connectivity index (χ4v) is 15.7. The van der Waals surface area contributed by atoms with Gasteiger partial charge in [0.1, 0.15) is 106 Å². The maximum Gasteiger partial charge on any atom is 0.152 e. The first-order chi connectivity index (χ1) is 57.3. The van der Waals surface area contributed by atoms with Crippen LogP contribution >= 0.6 is 0 Å². The van der Waals surface area contributed by atoms with Crippen LogP contribution in [0, 0.1) is 0 Å². The second-order valence-corrected chi connectivity index (χ2v) is 31.7. The van der Waals surface area contributed by atoms with E-state index in [4.69, 9.17) is 33.5 Å². The summed E-state index contributed by atoms with van der Waals surface area (Å²) in [4.78, 5) is 77.0. The Balaban J connectivity index is 0.000000162. The lowest BCUT2D eigenvalue weighted by atomic mass is 9.97. The van der Waals surface area contributed by atoms with E-state index in [9.17, 15) is 33.6 Å². The van der Waals surface area contributed by atoms with Crippen molar-refractivity contribution in [2.24, 2.45) is 0 Å². The number of hydrogen-bond acceptors (Lipinski definition) is 14. The number of rotatable bonds is 36. The molecule has 118 heavy (non-hydrogen) atoms. The van der Waals surface area contributed by atoms with Gasteiger partial charge in [-0.2, -0.15) is 0 Å². The number of carbonyl (C=O) groups is 7. The normalized spacial score (nSPS) is 16.8. The van der Waals surface area contributed by atoms with Gasteiger partial charge in [-0.05, 0) is 218 Å². The molecule has 0 saturated carbocycles. The highest BCUT2D eigenvalue weighted by atomic mass is 16.5. The zero-order valence-corrected chi connectivity index (χ0v) is 70.3. The number of fused-ring (bicyclic) bond motifs is 6. The average Bonchev–Trinajstić information content (AvgIpc) is 1.71. The third-order valence-electron chi connectivity index (χ3n) is 21.9. The first-order valence-electron chi connectivity index (χ1n) is 42.6. The van der Waals surface area contributed by atoms with E-state index in [0.717, 1.165) is 175 Å². The van der Waals surface area contributed by atoms with E-state index in [2.05, 4.69) is 116 Å². The van der Waals surface area contributed by atoms with E-state index >= 15 is 0 Å². The van der Waals surface area contributed by atoms with Gasteiger partial charge < -0.3 is 62.3 Å². The minimum Gasteiger partial charge on any atom is -0.490 e. The Hall–Kier alpha value is -10.8. The number of allylic oxidation sites excluding steroid dienone is 2. The quantitative estimate of drug-likeness (QED) is 0.0169. The molecule has 0 saturated heterocycles. The average molecular weight is 1600 g/mol. The van der Waals surface area contributed by atoms with Gasteiger partial charge in [0.15, 0.2) is 5.78 Å². The number of hydrogen-bond donors (Lipinski definition) is 1. The molecular formula is C104H122O14. The molecule has 0 aliphatic carbocycles. The summed E-state index contributed by atoms with van der Waals surface area (Å²) in [5, 5.41) is 8.85. The van der Waals surface area contributed by atoms with E-state index in [-0.39, 0.29) is 71.8 Å². The van der Waals surface area contributed by atoms with Crippen molar-refractivity contribution in [3.05, 3.63) is 285 Å². The molecule has 0 aromatic heterocycles. The SMILES string of the molecule is C=CC[C@@H]1Cc2c(/C=C/C(C)=O)cccc2O1.C=CC[C@@H]1Cc2c(CCC(C)=O)cccc2O1.CC(=O)CCc1cccc2c1C[C@@H](CCC=Cc1ccccc1)O2.CC(=O)CCc1cccc2c1C[C@@H](CCC=O)O2.CC(=O)CCc1cccc2c1C[C@@H](CCCCc1ccccc1)O2.CC(=O)CCc1cccc2c1C[C@@H](CCCO)O2. The van der Waals surface area contributed by atoms with Gasteiger partial charge in [0.2, 0.25) is 0 Å². The van der Waals surface area contributed by atoms with Crippen LogP contribution in [0.25, 0.3) is 12.2 Å². The number of ether oxygens (including phenoxy) is 6. The van der Waals surface area contributed by atoms with Gasteiger partial charge >= 0.3 is 0 Å². The van der Waals surface area contributed by atoms with Crippen LogP contribution in [0.5, 0.6) is 34.5 Å². The van der Waals surface area contributed by atoms with Crippen LogP contribution in [0.4, 0.5) is 0 Å². The molecule has 14 heteroatoms. The summed E-state index contributed by atoms with van der Waals surface area (Å²) in [6.07, 6.45) is 37.8. The molecule has 6 heterocycles. The molecule has 622 valence electrons. The number of ketones is 6. The molecule has 0 spiro atoms. The largest absolute Gasteiger partial charge is 0.490 e. The van der Waals surface area contributed by atoms with Crippen LogP contribution in [-0.4, -0.2) is 89.3 Å². The summed E-state index contributed by atoms with van der Waals surface area (Å²) < 4.78 is 35.5. The van der Waals surface area contributed by atoms with Crippen molar-refractivity contribution in [1.29, 1.82) is 0 Å². The highest BCUT2D eigenvalue weighted by Crippen LogP contribution is 2.40. The minimum atomic E-state index is 0.0594. The number of benzene rings is 8. The Labute approximate surface area is 700 Å². The molecule has 0 bridgehead atoms. The monoisotopic (exact) mass is 1590 g/mol. The van der Waals surface area contributed by atoms with Gasteiger partial charge in [0.05, 0.1) is 0 Å². The highest BCUT2D eigenvalue weighted by molar-refractivity contribution is 5.92. The predicted octanol–water partition coefficient (Wildman–Crippen LogP) is 21.0. The lowest BCUT2D eigenvalue weighted by Crippen LogP contribution is -2.13. The number of aliphatic hydroxyl groups excluding tert-OH is 1. The fourth-order valence-electron chi connectivity index (χ4n) is 15.7. The highest BCUT2D eigenvalue weighted by Gasteiger charge is 2.30. The van der Waals surface area contributed by atoms with Crippen molar-refractivity contribution < 1.29 is 67.1 Å². The smallest absolute Gasteiger partial charge is 0.152 e. The molecule has 0 radical (unpaired) electrons. The number of unbranched alkanes of at least 4 members (excludes halogenated alkanes) is 1. The molecule has 8 aromatic rings. The van der Waals surface area contributed by atoms with Crippen LogP contribution in [0.3, 0.4) is 0 Å². The number of aryl methyl sites for hydroxylation is 6. The summed E-state index contributed by atoms with van der Waals surface area (Å²) in [5.74, 6) is 7.07. The second kappa shape index (κ2) is 48.8. The molecule has 6 aliphatic heterocycles. The lowest BCUT2D eigenvalue weighted by Gasteiger charge is -2.10. The standard InChI is InChI=1S/C22H26O2.C22H24O2.C15H20O3.C15H18O3.C15H18O2.C15H16O2/c2*1-17(23)14-15-19-11-7-13-22-21(19)16-20(24-22)12-6-5-10-18-8-3-2-4-9-18;2*1-11(17)7-8-12-4-2-6-15-14(12)10-13(18-15)5-3-9-16;2*1-3-5-13-10-14-12(9-8-11(2)16)6-4-7-15(14)17-13/h2-4,7-9,11,13,20H,5-6,10,12,14-16H2,1H3;2-5,7-11,13,20H,6,12,14-16H2,1H3;2,4,6,13,16H,3,5,7-10H2,1H3;2,4,6,9,13H,3,5,7-8,10H2,1H3;3-4,6-7,13H,1,5,8-10H2,2H3;3-4,6-9,13H,1,5,10H2,2H3/b;;;;;9-8+/t2*20-;4*13-/m111111/s1. The molecule has 6 aliphatic rings. The number of carbonyl (C=O) groups excluding carboxylic acids is 7. The molecular weight excluding hydrogens is 1470 g/mol. The van der Waals surface area contributed by atoms with E-state index in [0.29, 0.717) is 44.6 Å². The lowest BCUT2D eigenvalue weighted by molar-refractivity contribution is -0.117. The van der Waals surface area contributed by atoms with Crippen molar-refractivity contribution in [2.45, 2.75) is 258 Å². The molecule has 0 fully saturated rings. The van der Waals surface area contributed by atoms with E-state index in [1.165, 1.54) is 85.2 Å². The topological polar surface area (TPSA) is 195 Å². The third-order valence-corrected chi connectivity index (χ3v) is 21.9. The number of aldehydes is 1. The Morgan fingerprint density at radius 3 is 1.05 bits per heavy atom. The van der Waals surface area contributed by atoms with Crippen molar-refractivity contribution in [1.82, 2.24) is 0 Å². The summed E-state index contributed by atoms with van der Waals surface area (Å²) in [6.45, 7) is 17.4. The maximum absolute atomic E-state index is 11.2. The van der Waals surface area contributed by atoms with Crippen LogP contribution in [0.15, 0.2) is 207 Å². The summed E-state index contributed by atoms with van der Waals surface area (Å²) in [7, 11) is 0. The maximum atomic E-state index is 11.2. The second-order valence-electron chi connectivity index (χ2n) is 31.7. The summed E-state index contributed by atoms with van der Waals surface area (Å²) >= 11 is 0. The molecule has 14 rings (SSSR count).